The second kappa shape index (κ2) is 31.8. The number of esters is 2. The molecular weight excluding hydrogens is 1060 g/mol. The van der Waals surface area contributed by atoms with E-state index in [4.69, 9.17) is 27.2 Å². The van der Waals surface area contributed by atoms with Gasteiger partial charge in [-0.1, -0.05) is 188 Å². The lowest BCUT2D eigenvalue weighted by Crippen LogP contribution is -2.48. The van der Waals surface area contributed by atoms with Crippen LogP contribution >= 0.6 is 0 Å². The first-order valence-corrected chi connectivity index (χ1v) is 42.6. The normalized spacial score (nSPS) is 22.5. The number of rotatable bonds is 25. The monoisotopic (exact) mass is 1180 g/mol. The van der Waals surface area contributed by atoms with E-state index in [1.165, 1.54) is 11.6 Å². The maximum absolute atomic E-state index is 13.4. The lowest BCUT2D eigenvalue weighted by molar-refractivity contribution is -0.152. The van der Waals surface area contributed by atoms with Crippen LogP contribution in [0.15, 0.2) is 83.1 Å². The van der Waals surface area contributed by atoms with E-state index in [2.05, 4.69) is 246 Å². The quantitative estimate of drug-likeness (QED) is 0.0294. The van der Waals surface area contributed by atoms with Crippen LogP contribution in [0.25, 0.3) is 0 Å². The molecule has 0 fully saturated rings. The lowest BCUT2D eigenvalue weighted by Gasteiger charge is -2.43. The SMILES string of the molecule is CC(=C/C=C/C(C)=C/[C@@H](O[Si](C)(C)C(C)(C)C)[C@H](C)C[C@@H](C)O[Si](C)(C)C(C)(C)C)C=C(C)/C=C/C(=O)O[C@H]1CCCC(=O)O[C@@H]([C@@H](C)C/C(C)=C/[C@@H](C)[C@@H](C[C@@H](C)O[Si](C)(C)C(C)(C)C)O[Si](C)(C)C(C)(C)C)C/C=C/C[C@@H]1C. The van der Waals surface area contributed by atoms with Gasteiger partial charge in [0.25, 0.3) is 0 Å². The molecule has 1 heterocycles. The Balaban J connectivity index is 3.12. The van der Waals surface area contributed by atoms with Crippen LogP contribution in [0.2, 0.25) is 72.5 Å². The summed E-state index contributed by atoms with van der Waals surface area (Å²) in [6.45, 7) is 68.1. The minimum Gasteiger partial charge on any atom is -0.462 e. The standard InChI is InChI=1S/C68H126O8Si4/c1-49(35-33-36-50(2)46-61(75-79(27,28)67(17,18)19)56(8)47-57(9)73-77(23,24)65(11,12)13)43-51(3)41-42-64(70)71-59-39-34-40-63(69)72-60(38-32-31-37-53(59)5)54(6)44-52(4)45-55(7)62(76-80(29,30)68(20,21)22)48-58(10)74-78(25,26)66(14,15)16/h31-33,35-36,41-43,45-46,53-62H,34,37-40,44,47-48H2,1-30H3/b32-31+,36-33+,42-41+,49-35?,50-46+,51-43?,52-45+/t53-,54-,55+,56+,57+,58+,59-,60+,61+,62+/m0/s1. The second-order valence-corrected chi connectivity index (χ2v) is 49.9. The third-order valence-corrected chi connectivity index (χ3v) is 36.7. The molecule has 1 aliphatic rings. The zero-order chi connectivity index (χ0) is 62.2. The third kappa shape index (κ3) is 26.8. The van der Waals surface area contributed by atoms with Crippen molar-refractivity contribution in [1.29, 1.82) is 0 Å². The average Bonchev–Trinajstić information content (AvgIpc) is 3.25. The smallest absolute Gasteiger partial charge is 0.331 e. The van der Waals surface area contributed by atoms with Gasteiger partial charge in [-0.05, 0) is 176 Å². The van der Waals surface area contributed by atoms with E-state index in [0.717, 1.165) is 42.4 Å². The highest BCUT2D eigenvalue weighted by atomic mass is 28.4. The molecule has 0 aliphatic carbocycles. The molecule has 462 valence electrons. The zero-order valence-corrected chi connectivity index (χ0v) is 61.5. The van der Waals surface area contributed by atoms with Crippen LogP contribution in [-0.4, -0.2) is 81.8 Å². The van der Waals surface area contributed by atoms with E-state index in [1.54, 1.807) is 0 Å². The van der Waals surface area contributed by atoms with Gasteiger partial charge in [0.05, 0.1) is 12.2 Å². The molecule has 0 aromatic heterocycles. The van der Waals surface area contributed by atoms with E-state index in [-0.39, 0.29) is 98.8 Å². The molecule has 0 N–H and O–H groups in total. The van der Waals surface area contributed by atoms with Gasteiger partial charge in [-0.25, -0.2) is 4.79 Å². The molecule has 0 saturated heterocycles. The number of hydrogen-bond donors (Lipinski definition) is 0. The molecule has 0 aromatic carbocycles. The largest absolute Gasteiger partial charge is 0.462 e. The van der Waals surface area contributed by atoms with Crippen LogP contribution in [0.5, 0.6) is 0 Å². The predicted molar refractivity (Wildman–Crippen MR) is 355 cm³/mol. The highest BCUT2D eigenvalue weighted by Crippen LogP contribution is 2.43. The van der Waals surface area contributed by atoms with Gasteiger partial charge in [0.15, 0.2) is 33.3 Å². The highest BCUT2D eigenvalue weighted by Gasteiger charge is 2.44. The molecule has 0 saturated carbocycles. The van der Waals surface area contributed by atoms with E-state index < -0.39 is 33.3 Å². The molecule has 8 nitrogen and oxygen atoms in total. The van der Waals surface area contributed by atoms with Crippen LogP contribution in [0.1, 0.15) is 204 Å². The Morgan fingerprint density at radius 1 is 0.637 bits per heavy atom. The van der Waals surface area contributed by atoms with Crippen molar-refractivity contribution >= 4 is 45.2 Å². The summed E-state index contributed by atoms with van der Waals surface area (Å²) in [4.78, 5) is 26.7. The first kappa shape index (κ1) is 75.8. The number of allylic oxidation sites excluding steroid dienone is 10. The van der Waals surface area contributed by atoms with Gasteiger partial charge in [-0.3, -0.25) is 4.79 Å². The fourth-order valence-corrected chi connectivity index (χ4v) is 14.9. The summed E-state index contributed by atoms with van der Waals surface area (Å²) < 4.78 is 40.3. The van der Waals surface area contributed by atoms with Gasteiger partial charge in [0.2, 0.25) is 0 Å². The average molecular weight is 1180 g/mol. The third-order valence-electron chi connectivity index (χ3n) is 18.5. The number of cyclic esters (lactones) is 1. The van der Waals surface area contributed by atoms with E-state index >= 15 is 0 Å². The van der Waals surface area contributed by atoms with Crippen molar-refractivity contribution < 1.29 is 36.8 Å². The molecule has 0 radical (unpaired) electrons. The molecule has 0 aromatic rings. The molecule has 0 amide bonds. The Morgan fingerprint density at radius 3 is 1.65 bits per heavy atom. The Kier molecular flexibility index (Phi) is 30.2. The summed E-state index contributed by atoms with van der Waals surface area (Å²) in [6, 6.07) is 0. The number of hydrogen-bond acceptors (Lipinski definition) is 8. The summed E-state index contributed by atoms with van der Waals surface area (Å²) in [5.74, 6) is 0.111. The van der Waals surface area contributed by atoms with Crippen LogP contribution < -0.4 is 0 Å². The van der Waals surface area contributed by atoms with Crippen molar-refractivity contribution in [3.63, 3.8) is 0 Å². The number of carbonyl (C=O) groups is 2. The lowest BCUT2D eigenvalue weighted by atomic mass is 9.90. The van der Waals surface area contributed by atoms with Crippen molar-refractivity contribution in [3.05, 3.63) is 83.1 Å². The van der Waals surface area contributed by atoms with Crippen LogP contribution in [0.3, 0.4) is 0 Å². The Bertz CT molecular complexity index is 2150. The van der Waals surface area contributed by atoms with E-state index in [0.29, 0.717) is 19.3 Å². The van der Waals surface area contributed by atoms with E-state index in [9.17, 15) is 9.59 Å². The number of ether oxygens (including phenoxy) is 2. The topological polar surface area (TPSA) is 89.5 Å². The minimum atomic E-state index is -2.07. The van der Waals surface area contributed by atoms with Gasteiger partial charge in [0.1, 0.15) is 12.2 Å². The Labute approximate surface area is 498 Å². The molecule has 0 bridgehead atoms. The molecule has 1 rings (SSSR count). The Morgan fingerprint density at radius 2 is 1.12 bits per heavy atom. The van der Waals surface area contributed by atoms with Crippen molar-refractivity contribution in [2.75, 3.05) is 0 Å². The molecule has 0 unspecified atom stereocenters. The van der Waals surface area contributed by atoms with Crippen LogP contribution in [0, 0.1) is 23.7 Å². The van der Waals surface area contributed by atoms with Gasteiger partial charge < -0.3 is 27.2 Å². The second-order valence-electron chi connectivity index (χ2n) is 30.9. The van der Waals surface area contributed by atoms with Gasteiger partial charge in [-0.2, -0.15) is 0 Å². The number of carbonyl (C=O) groups excluding carboxylic acids is 2. The molecule has 12 heteroatoms. The minimum absolute atomic E-state index is 0.0223. The van der Waals surface area contributed by atoms with E-state index in [1.807, 2.05) is 13.0 Å². The van der Waals surface area contributed by atoms with Crippen molar-refractivity contribution in [3.8, 4) is 0 Å². The summed E-state index contributed by atoms with van der Waals surface area (Å²) in [7, 11) is -7.97. The first-order valence-electron chi connectivity index (χ1n) is 30.9. The molecule has 80 heavy (non-hydrogen) atoms. The summed E-state index contributed by atoms with van der Waals surface area (Å²) in [5, 5.41) is 0.484. The molecule has 0 spiro atoms. The van der Waals surface area contributed by atoms with Crippen molar-refractivity contribution in [2.24, 2.45) is 23.7 Å². The fraction of sp³-hybridized carbons (Fsp3) is 0.765. The summed E-state index contributed by atoms with van der Waals surface area (Å²) in [5.41, 5.74) is 4.45. The van der Waals surface area contributed by atoms with Crippen molar-refractivity contribution in [1.82, 2.24) is 0 Å². The Hall–Kier alpha value is -2.17. The maximum Gasteiger partial charge on any atom is 0.331 e. The molecule has 10 atom stereocenters. The predicted octanol–water partition coefficient (Wildman–Crippen LogP) is 20.5. The zero-order valence-electron chi connectivity index (χ0n) is 57.5. The van der Waals surface area contributed by atoms with Crippen molar-refractivity contribution in [2.45, 2.75) is 313 Å². The highest BCUT2D eigenvalue weighted by molar-refractivity contribution is 6.75. The molecule has 1 aliphatic heterocycles. The van der Waals surface area contributed by atoms with Gasteiger partial charge in [-0.15, -0.1) is 0 Å². The summed E-state index contributed by atoms with van der Waals surface area (Å²) >= 11 is 0. The van der Waals surface area contributed by atoms with Gasteiger partial charge >= 0.3 is 11.9 Å². The van der Waals surface area contributed by atoms with Crippen LogP contribution in [0.4, 0.5) is 0 Å². The fourth-order valence-electron chi connectivity index (χ4n) is 9.19. The first-order chi connectivity index (χ1) is 36.1. The van der Waals surface area contributed by atoms with Gasteiger partial charge in [0, 0.05) is 31.1 Å². The summed E-state index contributed by atoms with van der Waals surface area (Å²) in [6.07, 6.45) is 25.9. The maximum atomic E-state index is 13.4. The molecular formula is C68H126O8Si4. The van der Waals surface area contributed by atoms with Crippen LogP contribution in [-0.2, 0) is 36.8 Å².